The molecule has 5 nitrogen and oxygen atoms in total. The van der Waals surface area contributed by atoms with Crippen molar-refractivity contribution in [2.45, 2.75) is 16.5 Å². The van der Waals surface area contributed by atoms with Gasteiger partial charge >= 0.3 is 3.12 Å². The van der Waals surface area contributed by atoms with Crippen molar-refractivity contribution in [1.29, 1.82) is 0 Å². The zero-order valence-electron chi connectivity index (χ0n) is 9.55. The quantitative estimate of drug-likeness (QED) is 0.419. The van der Waals surface area contributed by atoms with Crippen LogP contribution in [0, 0.1) is 0 Å². The molecule has 0 rings (SSSR count). The van der Waals surface area contributed by atoms with E-state index in [-0.39, 0.29) is 6.54 Å². The van der Waals surface area contributed by atoms with Crippen molar-refractivity contribution < 1.29 is 13.0 Å². The fourth-order valence-corrected chi connectivity index (χ4v) is 8.22. The van der Waals surface area contributed by atoms with Crippen molar-refractivity contribution in [3.63, 3.8) is 0 Å². The number of nitrogens with zero attached hydrogens (tertiary/aromatic N) is 1. The van der Waals surface area contributed by atoms with E-state index >= 15 is 0 Å². The summed E-state index contributed by atoms with van der Waals surface area (Å²) in [6.45, 7) is 1.20. The average Bonchev–Trinajstić information content (AvgIpc) is 2.21. The largest absolute Gasteiger partial charge is 0.307 e. The van der Waals surface area contributed by atoms with Crippen LogP contribution in [-0.2, 0) is 14.6 Å². The van der Waals surface area contributed by atoms with Gasteiger partial charge in [0.1, 0.15) is 0 Å². The molecule has 0 aromatic rings. The highest BCUT2D eigenvalue weighted by Crippen LogP contribution is 2.58. The molecule has 1 unspecified atom stereocenters. The van der Waals surface area contributed by atoms with Crippen molar-refractivity contribution >= 4 is 62.9 Å². The van der Waals surface area contributed by atoms with Gasteiger partial charge in [0, 0.05) is 12.3 Å². The van der Waals surface area contributed by atoms with Gasteiger partial charge in [-0.05, 0) is 6.42 Å². The summed E-state index contributed by atoms with van der Waals surface area (Å²) in [7, 11) is -4.44. The number of hydrogen-bond donors (Lipinski definition) is 1. The summed E-state index contributed by atoms with van der Waals surface area (Å²) in [5.41, 5.74) is 5.56. The Balaban J connectivity index is 5.46. The Kier molecular flexibility index (Phi) is 7.60. The zero-order valence-corrected chi connectivity index (χ0v) is 14.3. The first-order valence-electron chi connectivity index (χ1n) is 4.74. The van der Waals surface area contributed by atoms with Crippen LogP contribution in [0.4, 0.5) is 0 Å². The predicted octanol–water partition coefficient (Wildman–Crippen LogP) is 3.34. The minimum atomic E-state index is -4.44. The smallest absolute Gasteiger partial charge is 0.276 e. The molecular formula is C7H14Cl3N2O3PS2. The molecule has 0 saturated carbocycles. The Morgan fingerprint density at radius 1 is 1.50 bits per heavy atom. The molecule has 18 heavy (non-hydrogen) atoms. The number of rotatable bonds is 7. The standard InChI is InChI=1S/C7H14Cl3N2O3PS2/c1-3-5-12(16(11,13)17-6-4-2)18(14,15)7(8,9)10/h3H,1,4-6H2,2H3,(H2,11,13). The van der Waals surface area contributed by atoms with E-state index in [2.05, 4.69) is 6.58 Å². The fourth-order valence-electron chi connectivity index (χ4n) is 0.878. The van der Waals surface area contributed by atoms with E-state index in [9.17, 15) is 13.0 Å². The van der Waals surface area contributed by atoms with Crippen LogP contribution >= 0.6 is 52.8 Å². The van der Waals surface area contributed by atoms with Crippen molar-refractivity contribution in [2.24, 2.45) is 5.50 Å². The molecule has 0 aliphatic heterocycles. The molecular weight excluding hydrogens is 362 g/mol. The molecule has 0 aromatic carbocycles. The molecule has 0 spiro atoms. The Morgan fingerprint density at radius 2 is 2.00 bits per heavy atom. The first-order valence-corrected chi connectivity index (χ1v) is 10.6. The summed E-state index contributed by atoms with van der Waals surface area (Å²) >= 11 is 17.0. The molecule has 0 aliphatic rings. The molecule has 0 bridgehead atoms. The molecule has 2 N–H and O–H groups in total. The van der Waals surface area contributed by atoms with Crippen molar-refractivity contribution in [1.82, 2.24) is 4.08 Å². The Labute approximate surface area is 126 Å². The van der Waals surface area contributed by atoms with Gasteiger partial charge in [-0.3, -0.25) is 10.1 Å². The van der Waals surface area contributed by atoms with E-state index in [1.54, 1.807) is 0 Å². The minimum Gasteiger partial charge on any atom is -0.276 e. The first-order chi connectivity index (χ1) is 8.00. The third-order valence-corrected chi connectivity index (χ3v) is 10.4. The van der Waals surface area contributed by atoms with E-state index in [1.807, 2.05) is 6.92 Å². The summed E-state index contributed by atoms with van der Waals surface area (Å²) in [6.07, 6.45) is 1.90. The topological polar surface area (TPSA) is 80.5 Å². The van der Waals surface area contributed by atoms with Gasteiger partial charge < -0.3 is 0 Å². The summed E-state index contributed by atoms with van der Waals surface area (Å²) < 4.78 is 34.0. The van der Waals surface area contributed by atoms with Crippen LogP contribution in [0.1, 0.15) is 13.3 Å². The number of halogens is 3. The SMILES string of the molecule is C=CCN(P(N)(=O)SCCC)S(=O)(=O)C(Cl)(Cl)Cl. The van der Waals surface area contributed by atoms with Gasteiger partial charge in [0.2, 0.25) is 0 Å². The monoisotopic (exact) mass is 374 g/mol. The van der Waals surface area contributed by atoms with Gasteiger partial charge in [-0.1, -0.05) is 59.2 Å². The molecule has 108 valence electrons. The van der Waals surface area contributed by atoms with E-state index in [0.717, 1.165) is 11.4 Å². The molecule has 0 fully saturated rings. The predicted molar refractivity (Wildman–Crippen MR) is 80.7 cm³/mol. The maximum atomic E-state index is 12.2. The molecule has 0 amide bonds. The molecule has 0 aliphatic carbocycles. The van der Waals surface area contributed by atoms with Crippen molar-refractivity contribution in [3.8, 4) is 0 Å². The van der Waals surface area contributed by atoms with Gasteiger partial charge in [0.25, 0.3) is 16.7 Å². The lowest BCUT2D eigenvalue weighted by Crippen LogP contribution is -2.38. The Hall–Kier alpha value is 1.06. The highest BCUT2D eigenvalue weighted by Gasteiger charge is 2.48. The molecule has 0 radical (unpaired) electrons. The van der Waals surface area contributed by atoms with Crippen LogP contribution in [0.5, 0.6) is 0 Å². The van der Waals surface area contributed by atoms with Gasteiger partial charge in [0.15, 0.2) is 0 Å². The van der Waals surface area contributed by atoms with Gasteiger partial charge in [-0.2, -0.15) is 0 Å². The molecule has 0 aromatic heterocycles. The van der Waals surface area contributed by atoms with Crippen LogP contribution < -0.4 is 5.50 Å². The first kappa shape index (κ1) is 19.1. The number of alkyl halides is 3. The Morgan fingerprint density at radius 3 is 2.33 bits per heavy atom. The highest BCUT2D eigenvalue weighted by atomic mass is 35.6. The third-order valence-electron chi connectivity index (χ3n) is 1.65. The molecule has 11 heteroatoms. The second-order valence-electron chi connectivity index (χ2n) is 3.14. The number of sulfonamides is 1. The normalized spacial score (nSPS) is 16.6. The van der Waals surface area contributed by atoms with Crippen molar-refractivity contribution in [2.75, 3.05) is 12.3 Å². The maximum Gasteiger partial charge on any atom is 0.307 e. The lowest BCUT2D eigenvalue weighted by Gasteiger charge is -2.28. The van der Waals surface area contributed by atoms with Crippen molar-refractivity contribution in [3.05, 3.63) is 12.7 Å². The average molecular weight is 376 g/mol. The van der Waals surface area contributed by atoms with Crippen LogP contribution in [0.3, 0.4) is 0 Å². The lowest BCUT2D eigenvalue weighted by atomic mass is 10.6. The van der Waals surface area contributed by atoms with Crippen LogP contribution in [0.2, 0.25) is 0 Å². The lowest BCUT2D eigenvalue weighted by molar-refractivity contribution is 0.520. The fraction of sp³-hybridized carbons (Fsp3) is 0.714. The minimum absolute atomic E-state index is 0.291. The summed E-state index contributed by atoms with van der Waals surface area (Å²) in [5, 5.41) is 0. The van der Waals surface area contributed by atoms with E-state index < -0.39 is 19.8 Å². The van der Waals surface area contributed by atoms with Crippen LogP contribution in [0.15, 0.2) is 12.7 Å². The zero-order chi connectivity index (χ0) is 14.6. The summed E-state index contributed by atoms with van der Waals surface area (Å²) in [5.74, 6) is 0.427. The van der Waals surface area contributed by atoms with E-state index in [4.69, 9.17) is 40.3 Å². The van der Waals surface area contributed by atoms with Gasteiger partial charge in [-0.25, -0.2) is 8.42 Å². The number of hydrogen-bond acceptors (Lipinski definition) is 4. The van der Waals surface area contributed by atoms with Crippen LogP contribution in [-0.4, -0.2) is 27.9 Å². The second-order valence-corrected chi connectivity index (χ2v) is 13.0. The molecule has 0 heterocycles. The summed E-state index contributed by atoms with van der Waals surface area (Å²) in [4.78, 5) is 0. The summed E-state index contributed by atoms with van der Waals surface area (Å²) in [6, 6.07) is 0. The second kappa shape index (κ2) is 7.18. The van der Waals surface area contributed by atoms with Crippen LogP contribution in [0.25, 0.3) is 0 Å². The molecule has 0 saturated heterocycles. The third kappa shape index (κ3) is 4.87. The highest BCUT2D eigenvalue weighted by molar-refractivity contribution is 8.57. The molecule has 1 atom stereocenters. The Bertz CT molecular complexity index is 438. The maximum absolute atomic E-state index is 12.2. The number of nitrogens with two attached hydrogens (primary N) is 1. The van der Waals surface area contributed by atoms with Gasteiger partial charge in [-0.15, -0.1) is 10.7 Å². The van der Waals surface area contributed by atoms with E-state index in [1.165, 1.54) is 6.08 Å². The van der Waals surface area contributed by atoms with E-state index in [0.29, 0.717) is 16.2 Å². The van der Waals surface area contributed by atoms with Gasteiger partial charge in [0.05, 0.1) is 0 Å².